The van der Waals surface area contributed by atoms with Crippen LogP contribution >= 0.6 is 0 Å². The van der Waals surface area contributed by atoms with Gasteiger partial charge in [0.25, 0.3) is 0 Å². The Labute approximate surface area is 168 Å². The first-order chi connectivity index (χ1) is 13.6. The van der Waals surface area contributed by atoms with Crippen LogP contribution in [0.3, 0.4) is 0 Å². The zero-order valence-corrected chi connectivity index (χ0v) is 17.6. The quantitative estimate of drug-likeness (QED) is 0.516. The summed E-state index contributed by atoms with van der Waals surface area (Å²) in [6, 6.07) is 10.8. The van der Waals surface area contributed by atoms with E-state index in [-0.39, 0.29) is 5.41 Å². The maximum Gasteiger partial charge on any atom is 0.191 e. The van der Waals surface area contributed by atoms with Crippen molar-refractivity contribution >= 4 is 5.96 Å². The van der Waals surface area contributed by atoms with E-state index in [1.807, 2.05) is 4.68 Å². The summed E-state index contributed by atoms with van der Waals surface area (Å²) in [6.07, 6.45) is 2.46. The molecule has 1 aromatic carbocycles. The standard InChI is InChI=1S/C22H33N5O/c1-5-23-21(25-16-22(11-12-22)19-9-7-6-8-10-19)24-15-20-17(2)26-27(18(20)3)13-14-28-4/h6-10H,5,11-16H2,1-4H3,(H2,23,24,25). The molecular weight excluding hydrogens is 350 g/mol. The molecule has 0 bridgehead atoms. The second-order valence-corrected chi connectivity index (χ2v) is 7.56. The molecule has 0 atom stereocenters. The van der Waals surface area contributed by atoms with Gasteiger partial charge in [-0.3, -0.25) is 4.68 Å². The van der Waals surface area contributed by atoms with Gasteiger partial charge in [0, 0.05) is 36.9 Å². The summed E-state index contributed by atoms with van der Waals surface area (Å²) in [7, 11) is 1.72. The number of rotatable bonds is 9. The summed E-state index contributed by atoms with van der Waals surface area (Å²) in [4.78, 5) is 4.83. The van der Waals surface area contributed by atoms with Gasteiger partial charge in [-0.15, -0.1) is 0 Å². The Morgan fingerprint density at radius 3 is 2.61 bits per heavy atom. The lowest BCUT2D eigenvalue weighted by Gasteiger charge is -2.19. The van der Waals surface area contributed by atoms with E-state index >= 15 is 0 Å². The molecule has 0 aliphatic heterocycles. The van der Waals surface area contributed by atoms with Gasteiger partial charge < -0.3 is 15.4 Å². The van der Waals surface area contributed by atoms with Crippen molar-refractivity contribution in [1.29, 1.82) is 0 Å². The molecule has 1 aliphatic rings. The van der Waals surface area contributed by atoms with Crippen LogP contribution in [-0.4, -0.2) is 42.5 Å². The maximum absolute atomic E-state index is 5.18. The molecule has 2 N–H and O–H groups in total. The minimum atomic E-state index is 0.258. The zero-order valence-electron chi connectivity index (χ0n) is 17.6. The topological polar surface area (TPSA) is 63.5 Å². The molecule has 1 aromatic heterocycles. The number of benzene rings is 1. The number of nitrogens with one attached hydrogen (secondary N) is 2. The number of aliphatic imine (C=N–C) groups is 1. The summed E-state index contributed by atoms with van der Waals surface area (Å²) >= 11 is 0. The Balaban J connectivity index is 1.66. The van der Waals surface area contributed by atoms with Crippen LogP contribution in [0, 0.1) is 13.8 Å². The molecule has 2 aromatic rings. The lowest BCUT2D eigenvalue weighted by atomic mass is 9.96. The first kappa shape index (κ1) is 20.4. The van der Waals surface area contributed by atoms with Crippen molar-refractivity contribution in [1.82, 2.24) is 20.4 Å². The van der Waals surface area contributed by atoms with Crippen molar-refractivity contribution in [3.05, 3.63) is 52.8 Å². The largest absolute Gasteiger partial charge is 0.383 e. The van der Waals surface area contributed by atoms with Crippen LogP contribution in [0.25, 0.3) is 0 Å². The van der Waals surface area contributed by atoms with Gasteiger partial charge in [-0.1, -0.05) is 30.3 Å². The fourth-order valence-electron chi connectivity index (χ4n) is 3.62. The molecule has 0 spiro atoms. The number of guanidine groups is 1. The zero-order chi connectivity index (χ0) is 20.0. The summed E-state index contributed by atoms with van der Waals surface area (Å²) in [5.74, 6) is 0.869. The van der Waals surface area contributed by atoms with E-state index in [4.69, 9.17) is 9.73 Å². The van der Waals surface area contributed by atoms with Gasteiger partial charge in [-0.2, -0.15) is 5.10 Å². The van der Waals surface area contributed by atoms with E-state index in [1.54, 1.807) is 7.11 Å². The van der Waals surface area contributed by atoms with Gasteiger partial charge in [0.15, 0.2) is 5.96 Å². The molecular formula is C22H33N5O. The summed E-state index contributed by atoms with van der Waals surface area (Å²) in [5, 5.41) is 11.6. The highest BCUT2D eigenvalue weighted by atomic mass is 16.5. The van der Waals surface area contributed by atoms with Crippen LogP contribution in [0.15, 0.2) is 35.3 Å². The van der Waals surface area contributed by atoms with E-state index in [0.29, 0.717) is 13.2 Å². The summed E-state index contributed by atoms with van der Waals surface area (Å²) < 4.78 is 7.19. The van der Waals surface area contributed by atoms with Crippen molar-refractivity contribution in [3.63, 3.8) is 0 Å². The van der Waals surface area contributed by atoms with Crippen LogP contribution in [-0.2, 0) is 23.2 Å². The Bertz CT molecular complexity index is 793. The van der Waals surface area contributed by atoms with E-state index in [1.165, 1.54) is 24.0 Å². The fraction of sp³-hybridized carbons (Fsp3) is 0.545. The molecule has 0 unspecified atom stereocenters. The van der Waals surface area contributed by atoms with Crippen molar-refractivity contribution < 1.29 is 4.74 Å². The van der Waals surface area contributed by atoms with Crippen molar-refractivity contribution in [2.45, 2.75) is 52.1 Å². The predicted molar refractivity (Wildman–Crippen MR) is 114 cm³/mol. The summed E-state index contributed by atoms with van der Waals surface area (Å²) in [6.45, 7) is 10.1. The molecule has 0 amide bonds. The van der Waals surface area contributed by atoms with Gasteiger partial charge in [0.2, 0.25) is 0 Å². The van der Waals surface area contributed by atoms with Gasteiger partial charge in [0.1, 0.15) is 0 Å². The number of methoxy groups -OCH3 is 1. The normalized spacial score (nSPS) is 15.5. The number of aryl methyl sites for hydroxylation is 1. The Morgan fingerprint density at radius 2 is 1.96 bits per heavy atom. The average molecular weight is 384 g/mol. The lowest BCUT2D eigenvalue weighted by molar-refractivity contribution is 0.182. The van der Waals surface area contributed by atoms with E-state index in [2.05, 4.69) is 66.8 Å². The predicted octanol–water partition coefficient (Wildman–Crippen LogP) is 2.93. The molecule has 1 saturated carbocycles. The number of aromatic nitrogens is 2. The molecule has 3 rings (SSSR count). The molecule has 152 valence electrons. The third-order valence-electron chi connectivity index (χ3n) is 5.61. The molecule has 6 heteroatoms. The molecule has 0 radical (unpaired) electrons. The molecule has 6 nitrogen and oxygen atoms in total. The monoisotopic (exact) mass is 383 g/mol. The lowest BCUT2D eigenvalue weighted by Crippen LogP contribution is -2.41. The molecule has 0 saturated heterocycles. The van der Waals surface area contributed by atoms with Crippen LogP contribution < -0.4 is 10.6 Å². The van der Waals surface area contributed by atoms with Crippen LogP contribution in [0.1, 0.15) is 42.3 Å². The number of ether oxygens (including phenoxy) is 1. The minimum Gasteiger partial charge on any atom is -0.383 e. The molecule has 1 aliphatic carbocycles. The van der Waals surface area contributed by atoms with Crippen LogP contribution in [0.5, 0.6) is 0 Å². The van der Waals surface area contributed by atoms with Gasteiger partial charge in [-0.05, 0) is 39.2 Å². The number of nitrogens with zero attached hydrogens (tertiary/aromatic N) is 3. The average Bonchev–Trinajstić information content (AvgIpc) is 3.45. The Morgan fingerprint density at radius 1 is 1.21 bits per heavy atom. The minimum absolute atomic E-state index is 0.258. The van der Waals surface area contributed by atoms with Crippen molar-refractivity contribution in [2.24, 2.45) is 4.99 Å². The molecule has 1 heterocycles. The van der Waals surface area contributed by atoms with Gasteiger partial charge in [0.05, 0.1) is 25.4 Å². The van der Waals surface area contributed by atoms with Crippen LogP contribution in [0.2, 0.25) is 0 Å². The summed E-state index contributed by atoms with van der Waals surface area (Å²) in [5.41, 5.74) is 5.07. The highest BCUT2D eigenvalue weighted by Crippen LogP contribution is 2.47. The van der Waals surface area contributed by atoms with Crippen LogP contribution in [0.4, 0.5) is 0 Å². The molecule has 28 heavy (non-hydrogen) atoms. The highest BCUT2D eigenvalue weighted by Gasteiger charge is 2.43. The van der Waals surface area contributed by atoms with Gasteiger partial charge in [-0.25, -0.2) is 4.99 Å². The second kappa shape index (κ2) is 9.24. The van der Waals surface area contributed by atoms with Crippen molar-refractivity contribution in [3.8, 4) is 0 Å². The number of hydrogen-bond acceptors (Lipinski definition) is 3. The smallest absolute Gasteiger partial charge is 0.191 e. The van der Waals surface area contributed by atoms with E-state index < -0.39 is 0 Å². The maximum atomic E-state index is 5.18. The Kier molecular flexibility index (Phi) is 6.73. The van der Waals surface area contributed by atoms with E-state index in [0.717, 1.165) is 37.0 Å². The van der Waals surface area contributed by atoms with Crippen molar-refractivity contribution in [2.75, 3.05) is 26.8 Å². The Hall–Kier alpha value is -2.34. The first-order valence-corrected chi connectivity index (χ1v) is 10.2. The van der Waals surface area contributed by atoms with E-state index in [9.17, 15) is 0 Å². The van der Waals surface area contributed by atoms with Gasteiger partial charge >= 0.3 is 0 Å². The third kappa shape index (κ3) is 4.73. The first-order valence-electron chi connectivity index (χ1n) is 10.2. The second-order valence-electron chi connectivity index (χ2n) is 7.56. The highest BCUT2D eigenvalue weighted by molar-refractivity contribution is 5.80. The molecule has 1 fully saturated rings. The SMILES string of the molecule is CCNC(=NCc1c(C)nn(CCOC)c1C)NCC1(c2ccccc2)CC1. The number of hydrogen-bond donors (Lipinski definition) is 2. The fourth-order valence-corrected chi connectivity index (χ4v) is 3.62. The third-order valence-corrected chi connectivity index (χ3v) is 5.61.